The third kappa shape index (κ3) is 8.80. The molecule has 9 nitrogen and oxygen atoms in total. The molecule has 3 unspecified atom stereocenters. The van der Waals surface area contributed by atoms with Crippen molar-refractivity contribution >= 4 is 34.5 Å². The Morgan fingerprint density at radius 3 is 2.04 bits per heavy atom. The van der Waals surface area contributed by atoms with Gasteiger partial charge in [-0.2, -0.15) is 0 Å². The molecule has 4 rings (SSSR count). The van der Waals surface area contributed by atoms with Gasteiger partial charge in [0.05, 0.1) is 18.0 Å². The van der Waals surface area contributed by atoms with Crippen molar-refractivity contribution in [3.05, 3.63) is 65.7 Å². The lowest BCUT2D eigenvalue weighted by Crippen LogP contribution is -2.57. The van der Waals surface area contributed by atoms with E-state index < -0.39 is 40.9 Å². The first-order valence-electron chi connectivity index (χ1n) is 18.2. The average Bonchev–Trinajstić information content (AvgIpc) is 3.07. The first-order chi connectivity index (χ1) is 24.0. The number of nitrogens with one attached hydrogen (secondary N) is 1. The van der Waals surface area contributed by atoms with Gasteiger partial charge in [-0.3, -0.25) is 24.5 Å². The zero-order valence-electron chi connectivity index (χ0n) is 31.7. The predicted molar refractivity (Wildman–Crippen MR) is 198 cm³/mol. The molecule has 1 aliphatic heterocycles. The number of carboxylic acids is 1. The number of ether oxygens (including phenoxy) is 3. The molecular weight excluding hydrogens is 646 g/mol. The minimum Gasteiger partial charge on any atom is -0.487 e. The number of carboxylic acid groups (broad SMARTS) is 1. The fourth-order valence-corrected chi connectivity index (χ4v) is 7.55. The smallest absolute Gasteiger partial charge is 0.325 e. The highest BCUT2D eigenvalue weighted by Gasteiger charge is 2.46. The van der Waals surface area contributed by atoms with Crippen LogP contribution in [0.4, 0.5) is 0 Å². The van der Waals surface area contributed by atoms with Crippen LogP contribution in [0.5, 0.6) is 17.2 Å². The van der Waals surface area contributed by atoms with Crippen LogP contribution in [-0.2, 0) is 25.6 Å². The van der Waals surface area contributed by atoms with Gasteiger partial charge < -0.3 is 19.3 Å². The van der Waals surface area contributed by atoms with Crippen molar-refractivity contribution in [2.24, 2.45) is 17.3 Å². The van der Waals surface area contributed by atoms with Crippen molar-refractivity contribution in [2.75, 3.05) is 6.54 Å². The predicted octanol–water partition coefficient (Wildman–Crippen LogP) is 8.44. The van der Waals surface area contributed by atoms with Crippen LogP contribution in [-0.4, -0.2) is 46.5 Å². The number of rotatable bonds is 15. The van der Waals surface area contributed by atoms with Gasteiger partial charge >= 0.3 is 17.9 Å². The summed E-state index contributed by atoms with van der Waals surface area (Å²) in [4.78, 5) is 53.6. The Balaban J connectivity index is 1.69. The highest BCUT2D eigenvalue weighted by molar-refractivity contribution is 6.00. The van der Waals surface area contributed by atoms with Crippen LogP contribution in [0, 0.1) is 17.3 Å². The number of esters is 2. The van der Waals surface area contributed by atoms with E-state index in [0.29, 0.717) is 48.8 Å². The molecule has 9 heteroatoms. The molecule has 1 aliphatic rings. The molecule has 3 atom stereocenters. The molecule has 0 fully saturated rings. The van der Waals surface area contributed by atoms with Gasteiger partial charge in [-0.25, -0.2) is 0 Å². The fraction of sp³-hybridized carbons (Fsp3) is 0.524. The number of hydrogen-bond donors (Lipinski definition) is 2. The number of aliphatic carboxylic acids is 1. The normalized spacial score (nSPS) is 15.9. The van der Waals surface area contributed by atoms with Crippen LogP contribution in [0.15, 0.2) is 54.6 Å². The van der Waals surface area contributed by atoms with Gasteiger partial charge in [0.1, 0.15) is 11.4 Å². The molecular formula is C42H55NO8. The SMILES string of the molecule is CCC(C(=O)O)C(CC(c1ccccc1)C(C)(C)C)C(=O)C(CC)(CC)NCC(=O)Oc1c(OC(C)=O)c2c(c3ccccc13)OC(C)(C)CC2. The Hall–Kier alpha value is -4.24. The maximum Gasteiger partial charge on any atom is 0.325 e. The monoisotopic (exact) mass is 701 g/mol. The maximum atomic E-state index is 14.8. The topological polar surface area (TPSA) is 128 Å². The number of carbonyl (C=O) groups excluding carboxylic acids is 3. The number of carbonyl (C=O) groups is 4. The molecule has 3 aromatic carbocycles. The molecule has 1 heterocycles. The van der Waals surface area contributed by atoms with E-state index in [9.17, 15) is 24.3 Å². The summed E-state index contributed by atoms with van der Waals surface area (Å²) in [6, 6.07) is 17.3. The highest BCUT2D eigenvalue weighted by Crippen LogP contribution is 2.50. The second kappa shape index (κ2) is 16.0. The van der Waals surface area contributed by atoms with E-state index in [1.807, 2.05) is 70.2 Å². The molecule has 0 aromatic heterocycles. The van der Waals surface area contributed by atoms with Crippen molar-refractivity contribution < 1.29 is 38.5 Å². The standard InChI is InChI=1S/C42H55NO8/c1-10-28(39(47)48)32(24-33(40(5,6)7)27-18-14-13-15-19-27)38(46)42(11-2,12-3)43-25-34(45)50-36-30-21-17-16-20-29(30)35-31(37(36)49-26(4)44)22-23-41(8,9)51-35/h13-21,28,32-33,43H,10-12,22-25H2,1-9H3,(H,47,48). The van der Waals surface area contributed by atoms with Crippen molar-refractivity contribution in [1.82, 2.24) is 5.32 Å². The molecule has 0 aliphatic carbocycles. The molecule has 276 valence electrons. The van der Waals surface area contributed by atoms with Crippen LogP contribution in [0.3, 0.4) is 0 Å². The Labute approximate surface area is 302 Å². The van der Waals surface area contributed by atoms with E-state index in [1.165, 1.54) is 6.92 Å². The van der Waals surface area contributed by atoms with Gasteiger partial charge in [-0.05, 0) is 69.3 Å². The maximum absolute atomic E-state index is 14.8. The van der Waals surface area contributed by atoms with Gasteiger partial charge in [0.2, 0.25) is 0 Å². The minimum atomic E-state index is -1.19. The Bertz CT molecular complexity index is 1730. The number of fused-ring (bicyclic) bond motifs is 3. The fourth-order valence-electron chi connectivity index (χ4n) is 7.55. The molecule has 0 bridgehead atoms. The van der Waals surface area contributed by atoms with Gasteiger partial charge in [0.25, 0.3) is 0 Å². The average molecular weight is 702 g/mol. The molecule has 0 radical (unpaired) electrons. The van der Waals surface area contributed by atoms with E-state index in [1.54, 1.807) is 19.1 Å². The lowest BCUT2D eigenvalue weighted by molar-refractivity contribution is -0.149. The number of benzene rings is 3. The highest BCUT2D eigenvalue weighted by atomic mass is 16.6. The summed E-state index contributed by atoms with van der Waals surface area (Å²) in [5, 5.41) is 14.9. The van der Waals surface area contributed by atoms with Gasteiger partial charge in [-0.1, -0.05) is 96.1 Å². The van der Waals surface area contributed by atoms with Crippen molar-refractivity contribution in [3.63, 3.8) is 0 Å². The number of Topliss-reactive ketones (excluding diaryl/α,β-unsaturated/α-hetero) is 1. The lowest BCUT2D eigenvalue weighted by atomic mass is 9.66. The molecule has 3 aromatic rings. The molecule has 0 saturated carbocycles. The van der Waals surface area contributed by atoms with Crippen LogP contribution >= 0.6 is 0 Å². The van der Waals surface area contributed by atoms with E-state index in [0.717, 1.165) is 10.9 Å². The first-order valence-corrected chi connectivity index (χ1v) is 18.2. The van der Waals surface area contributed by atoms with Crippen LogP contribution < -0.4 is 19.5 Å². The molecule has 0 spiro atoms. The second-order valence-electron chi connectivity index (χ2n) is 15.5. The summed E-state index contributed by atoms with van der Waals surface area (Å²) < 4.78 is 18.1. The van der Waals surface area contributed by atoms with E-state index in [2.05, 4.69) is 26.1 Å². The summed E-state index contributed by atoms with van der Waals surface area (Å²) in [6.07, 6.45) is 2.51. The van der Waals surface area contributed by atoms with Crippen molar-refractivity contribution in [1.29, 1.82) is 0 Å². The summed E-state index contributed by atoms with van der Waals surface area (Å²) >= 11 is 0. The van der Waals surface area contributed by atoms with Crippen LogP contribution in [0.1, 0.15) is 111 Å². The first kappa shape index (κ1) is 39.5. The van der Waals surface area contributed by atoms with Gasteiger partial charge in [-0.15, -0.1) is 0 Å². The quantitative estimate of drug-likeness (QED) is 0.119. The van der Waals surface area contributed by atoms with E-state index >= 15 is 0 Å². The van der Waals surface area contributed by atoms with Crippen LogP contribution in [0.25, 0.3) is 10.8 Å². The zero-order chi connectivity index (χ0) is 37.7. The molecule has 0 amide bonds. The summed E-state index contributed by atoms with van der Waals surface area (Å²) in [5.74, 6) is -3.43. The minimum absolute atomic E-state index is 0.0935. The second-order valence-corrected chi connectivity index (χ2v) is 15.5. The lowest BCUT2D eigenvalue weighted by Gasteiger charge is -2.40. The zero-order valence-corrected chi connectivity index (χ0v) is 31.7. The van der Waals surface area contributed by atoms with E-state index in [4.69, 9.17) is 14.2 Å². The largest absolute Gasteiger partial charge is 0.487 e. The van der Waals surface area contributed by atoms with E-state index in [-0.39, 0.29) is 41.6 Å². The van der Waals surface area contributed by atoms with Crippen LogP contribution in [0.2, 0.25) is 0 Å². The number of ketones is 1. The number of hydrogen-bond acceptors (Lipinski definition) is 8. The molecule has 2 N–H and O–H groups in total. The van der Waals surface area contributed by atoms with Crippen molar-refractivity contribution in [2.45, 2.75) is 118 Å². The van der Waals surface area contributed by atoms with Gasteiger partial charge in [0, 0.05) is 29.2 Å². The summed E-state index contributed by atoms with van der Waals surface area (Å²) in [6.45, 7) is 16.8. The molecule has 51 heavy (non-hydrogen) atoms. The van der Waals surface area contributed by atoms with Crippen molar-refractivity contribution in [3.8, 4) is 17.2 Å². The summed E-state index contributed by atoms with van der Waals surface area (Å²) in [5.41, 5.74) is -0.188. The van der Waals surface area contributed by atoms with Gasteiger partial charge in [0.15, 0.2) is 17.3 Å². The third-order valence-corrected chi connectivity index (χ3v) is 10.6. The molecule has 0 saturated heterocycles. The Morgan fingerprint density at radius 2 is 1.49 bits per heavy atom. The third-order valence-electron chi connectivity index (χ3n) is 10.6. The Kier molecular flexibility index (Phi) is 12.4. The Morgan fingerprint density at radius 1 is 0.882 bits per heavy atom. The summed E-state index contributed by atoms with van der Waals surface area (Å²) in [7, 11) is 0.